The van der Waals surface area contributed by atoms with E-state index in [2.05, 4.69) is 4.33 Å². The summed E-state index contributed by atoms with van der Waals surface area (Å²) in [6, 6.07) is 14.8. The van der Waals surface area contributed by atoms with Gasteiger partial charge in [0, 0.05) is 0 Å². The monoisotopic (exact) mass is 323 g/mol. The summed E-state index contributed by atoms with van der Waals surface area (Å²) in [6.45, 7) is 1.80. The third kappa shape index (κ3) is 6.26. The topological polar surface area (TPSA) is 55.8 Å². The number of rotatable bonds is 4. The number of aryl methyl sites for hydroxylation is 1. The number of hydrogen-bond donors (Lipinski definition) is 0. The van der Waals surface area contributed by atoms with Crippen molar-refractivity contribution in [3.8, 4) is 5.75 Å². The fourth-order valence-electron chi connectivity index (χ4n) is 1.36. The second-order valence-corrected chi connectivity index (χ2v) is 6.54. The summed E-state index contributed by atoms with van der Waals surface area (Å²) < 4.78 is 28.1. The van der Waals surface area contributed by atoms with Gasteiger partial charge in [-0.05, 0) is 51.8 Å². The molecule has 0 saturated heterocycles. The molecule has 0 atom stereocenters. The van der Waals surface area contributed by atoms with Crippen molar-refractivity contribution in [3.05, 3.63) is 60.2 Å². The van der Waals surface area contributed by atoms with Gasteiger partial charge in [-0.3, -0.25) is 0 Å². The molecule has 0 unspecified atom stereocenters. The summed E-state index contributed by atoms with van der Waals surface area (Å²) in [5.41, 5.74) is 0.792. The van der Waals surface area contributed by atoms with Crippen LogP contribution in [0.4, 0.5) is 0 Å². The molecule has 0 radical (unpaired) electrons. The second-order valence-electron chi connectivity index (χ2n) is 5.03. The molecule has 0 N–H and O–H groups in total. The van der Waals surface area contributed by atoms with Gasteiger partial charge < -0.3 is 9.79 Å². The van der Waals surface area contributed by atoms with Crippen LogP contribution < -0.4 is 4.89 Å². The van der Waals surface area contributed by atoms with Gasteiger partial charge in [0.1, 0.15) is 0 Å². The molecule has 120 valence electrons. The highest BCUT2D eigenvalue weighted by molar-refractivity contribution is 7.86. The van der Waals surface area contributed by atoms with Gasteiger partial charge in [-0.15, -0.1) is 0 Å². The Bertz CT molecular complexity index is 667. The zero-order chi connectivity index (χ0) is 16.6. The Morgan fingerprint density at radius 1 is 0.864 bits per heavy atom. The van der Waals surface area contributed by atoms with Crippen molar-refractivity contribution >= 4 is 10.1 Å². The average Bonchev–Trinajstić information content (AvgIpc) is 2.47. The number of benzene rings is 2. The summed E-state index contributed by atoms with van der Waals surface area (Å²) in [6.07, 6.45) is 0. The molecule has 0 heterocycles. The molecular weight excluding hydrogens is 302 g/mol. The molecule has 0 amide bonds. The number of para-hydroxylation sites is 1. The average molecular weight is 323 g/mol. The Hall–Kier alpha value is -1.89. The lowest BCUT2D eigenvalue weighted by molar-refractivity contribution is -0.0931. The molecule has 2 aromatic carbocycles. The van der Waals surface area contributed by atoms with Crippen molar-refractivity contribution < 1.29 is 17.6 Å². The third-order valence-corrected chi connectivity index (χ3v) is 3.44. The van der Waals surface area contributed by atoms with Gasteiger partial charge in [-0.25, -0.2) is 0 Å². The van der Waals surface area contributed by atoms with E-state index in [1.54, 1.807) is 43.3 Å². The molecule has 2 aromatic rings. The maximum absolute atomic E-state index is 11.8. The van der Waals surface area contributed by atoms with Crippen LogP contribution in [0.5, 0.6) is 5.75 Å². The maximum Gasteiger partial charge on any atom is 0.332 e. The summed E-state index contributed by atoms with van der Waals surface area (Å²) in [5.74, 6) is 0.372. The first-order chi connectivity index (χ1) is 10.3. The summed E-state index contributed by atoms with van der Waals surface area (Å²) in [7, 11) is 2.10. The van der Waals surface area contributed by atoms with Gasteiger partial charge in [0.05, 0.1) is 4.90 Å². The molecule has 0 aliphatic heterocycles. The van der Waals surface area contributed by atoms with Crippen LogP contribution in [0.3, 0.4) is 0 Å². The quantitative estimate of drug-likeness (QED) is 0.640. The van der Waals surface area contributed by atoms with Crippen LogP contribution in [0.15, 0.2) is 59.5 Å². The van der Waals surface area contributed by atoms with Gasteiger partial charge in [0.25, 0.3) is 0 Å². The molecule has 22 heavy (non-hydrogen) atoms. The highest BCUT2D eigenvalue weighted by atomic mass is 32.2. The van der Waals surface area contributed by atoms with Crippen molar-refractivity contribution in [1.82, 2.24) is 4.90 Å². The smallest absolute Gasteiger partial charge is 0.320 e. The first-order valence-electron chi connectivity index (χ1n) is 6.65. The molecule has 5 nitrogen and oxygen atoms in total. The SMILES string of the molecule is CN(C)C.Cc1ccccc1OOS(=O)(=O)c1ccccc1. The highest BCUT2D eigenvalue weighted by Gasteiger charge is 2.17. The second kappa shape index (κ2) is 8.53. The van der Waals surface area contributed by atoms with Crippen LogP contribution in [-0.4, -0.2) is 34.5 Å². The van der Waals surface area contributed by atoms with Crippen molar-refractivity contribution in [2.45, 2.75) is 11.8 Å². The van der Waals surface area contributed by atoms with Crippen LogP contribution >= 0.6 is 0 Å². The molecule has 2 rings (SSSR count). The van der Waals surface area contributed by atoms with Crippen LogP contribution in [0.1, 0.15) is 5.56 Å². The van der Waals surface area contributed by atoms with Crippen LogP contribution in [0, 0.1) is 6.92 Å². The molecule has 0 aliphatic carbocycles. The van der Waals surface area contributed by atoms with Crippen molar-refractivity contribution in [2.75, 3.05) is 21.1 Å². The molecule has 0 fully saturated rings. The predicted molar refractivity (Wildman–Crippen MR) is 86.1 cm³/mol. The minimum Gasteiger partial charge on any atom is -0.320 e. The van der Waals surface area contributed by atoms with Gasteiger partial charge in [-0.1, -0.05) is 40.7 Å². The summed E-state index contributed by atoms with van der Waals surface area (Å²) >= 11 is 0. The lowest BCUT2D eigenvalue weighted by Gasteiger charge is -2.07. The van der Waals surface area contributed by atoms with Crippen LogP contribution in [0.2, 0.25) is 0 Å². The Labute approximate surface area is 132 Å². The summed E-state index contributed by atoms with van der Waals surface area (Å²) in [5, 5.41) is 0. The van der Waals surface area contributed by atoms with E-state index >= 15 is 0 Å². The summed E-state index contributed by atoms with van der Waals surface area (Å²) in [4.78, 5) is 6.92. The Kier molecular flexibility index (Phi) is 7.04. The molecule has 0 spiro atoms. The normalized spacial score (nSPS) is 10.8. The number of hydrogen-bond acceptors (Lipinski definition) is 5. The first kappa shape index (κ1) is 18.2. The molecule has 0 aliphatic rings. The molecule has 6 heteroatoms. The van der Waals surface area contributed by atoms with Crippen LogP contribution in [0.25, 0.3) is 0 Å². The zero-order valence-corrected chi connectivity index (χ0v) is 14.0. The van der Waals surface area contributed by atoms with Gasteiger partial charge in [0.2, 0.25) is 0 Å². The fourth-order valence-corrected chi connectivity index (χ4v) is 2.09. The third-order valence-electron chi connectivity index (χ3n) is 2.34. The van der Waals surface area contributed by atoms with Gasteiger partial charge in [-0.2, -0.15) is 8.42 Å². The first-order valence-corrected chi connectivity index (χ1v) is 8.06. The van der Waals surface area contributed by atoms with E-state index in [0.29, 0.717) is 5.75 Å². The van der Waals surface area contributed by atoms with E-state index in [-0.39, 0.29) is 4.90 Å². The Morgan fingerprint density at radius 2 is 1.36 bits per heavy atom. The minimum atomic E-state index is -3.90. The zero-order valence-electron chi connectivity index (χ0n) is 13.2. The van der Waals surface area contributed by atoms with E-state index < -0.39 is 10.1 Å². The Morgan fingerprint density at radius 3 is 1.91 bits per heavy atom. The van der Waals surface area contributed by atoms with E-state index in [4.69, 9.17) is 4.89 Å². The van der Waals surface area contributed by atoms with Gasteiger partial charge in [0.15, 0.2) is 5.75 Å². The van der Waals surface area contributed by atoms with Crippen molar-refractivity contribution in [3.63, 3.8) is 0 Å². The van der Waals surface area contributed by atoms with Crippen LogP contribution in [-0.2, 0) is 14.5 Å². The largest absolute Gasteiger partial charge is 0.332 e. The maximum atomic E-state index is 11.8. The standard InChI is InChI=1S/C13H12O4S.C3H9N/c1-11-7-5-6-10-13(11)16-17-18(14,15)12-8-3-2-4-9-12;1-4(2)3/h2-10H,1H3;1-3H3. The van der Waals surface area contributed by atoms with E-state index in [0.717, 1.165) is 5.56 Å². The predicted octanol–water partition coefficient (Wildman–Crippen LogP) is 2.87. The highest BCUT2D eigenvalue weighted by Crippen LogP contribution is 2.19. The lowest BCUT2D eigenvalue weighted by atomic mass is 10.2. The number of nitrogens with zero attached hydrogens (tertiary/aromatic N) is 1. The van der Waals surface area contributed by atoms with Gasteiger partial charge >= 0.3 is 10.1 Å². The van der Waals surface area contributed by atoms with E-state index in [1.165, 1.54) is 12.1 Å². The molecule has 0 aromatic heterocycles. The molecular formula is C16H21NO4S. The fraction of sp³-hybridized carbons (Fsp3) is 0.250. The lowest BCUT2D eigenvalue weighted by Crippen LogP contribution is -2.09. The van der Waals surface area contributed by atoms with Crippen molar-refractivity contribution in [1.29, 1.82) is 0 Å². The van der Waals surface area contributed by atoms with Crippen molar-refractivity contribution in [2.24, 2.45) is 0 Å². The minimum absolute atomic E-state index is 0.0542. The molecule has 0 bridgehead atoms. The Balaban J connectivity index is 0.000000541. The molecule has 0 saturated carbocycles. The van der Waals surface area contributed by atoms with E-state index in [9.17, 15) is 8.42 Å². The van der Waals surface area contributed by atoms with E-state index in [1.807, 2.05) is 32.1 Å².